The quantitative estimate of drug-likeness (QED) is 0.109. The molecule has 49 heavy (non-hydrogen) atoms. The molecule has 5 N–H and O–H groups in total. The minimum Gasteiger partial charge on any atom is -0.496 e. The highest BCUT2D eigenvalue weighted by molar-refractivity contribution is 7.08. The number of nitrogens with zero attached hydrogens (tertiary/aromatic N) is 2. The Bertz CT molecular complexity index is 1980. The van der Waals surface area contributed by atoms with Gasteiger partial charge in [0.15, 0.2) is 5.60 Å². The maximum atomic E-state index is 14.5. The van der Waals surface area contributed by atoms with Crippen LogP contribution in [0.1, 0.15) is 53.4 Å². The van der Waals surface area contributed by atoms with Crippen LogP contribution in [0.2, 0.25) is 0 Å². The first kappa shape index (κ1) is 35.4. The molecule has 5 aromatic rings. The summed E-state index contributed by atoms with van der Waals surface area (Å²) in [5.74, 6) is -1.64. The van der Waals surface area contributed by atoms with Crippen molar-refractivity contribution in [3.05, 3.63) is 106 Å². The van der Waals surface area contributed by atoms with Crippen LogP contribution in [-0.4, -0.2) is 52.1 Å². The summed E-state index contributed by atoms with van der Waals surface area (Å²) in [5, 5.41) is 25.0. The third-order valence-electron chi connectivity index (χ3n) is 8.37. The lowest BCUT2D eigenvalue weighted by atomic mass is 9.74. The van der Waals surface area contributed by atoms with Crippen LogP contribution in [0.25, 0.3) is 16.6 Å². The maximum absolute atomic E-state index is 14.5. The normalized spacial score (nSPS) is 13.9. The van der Waals surface area contributed by atoms with Gasteiger partial charge in [0.2, 0.25) is 5.91 Å². The molecule has 3 aromatic carbocycles. The van der Waals surface area contributed by atoms with Crippen LogP contribution in [0.3, 0.4) is 0 Å². The molecule has 0 spiro atoms. The van der Waals surface area contributed by atoms with Crippen LogP contribution in [0, 0.1) is 12.7 Å². The lowest BCUT2D eigenvalue weighted by molar-refractivity contribution is -0.260. The molecule has 2 atom stereocenters. The highest BCUT2D eigenvalue weighted by atomic mass is 32.1. The van der Waals surface area contributed by atoms with E-state index in [1.165, 1.54) is 44.6 Å². The maximum Gasteiger partial charge on any atom is 0.418 e. The van der Waals surface area contributed by atoms with E-state index >= 15 is 0 Å². The molecule has 0 radical (unpaired) electrons. The first-order valence-corrected chi connectivity index (χ1v) is 16.1. The summed E-state index contributed by atoms with van der Waals surface area (Å²) in [7, 11) is 1.34. The third-order valence-corrected chi connectivity index (χ3v) is 9.07. The molecule has 14 heteroatoms. The molecule has 0 aliphatic rings. The summed E-state index contributed by atoms with van der Waals surface area (Å²) in [6, 6.07) is 14.2. The van der Waals surface area contributed by atoms with Crippen molar-refractivity contribution in [2.24, 2.45) is 5.73 Å². The molecule has 0 aliphatic heterocycles. The lowest BCUT2D eigenvalue weighted by Crippen LogP contribution is -2.53. The molecule has 2 aromatic heterocycles. The molecule has 9 nitrogen and oxygen atoms in total. The molecule has 0 fully saturated rings. The average molecular weight is 698 g/mol. The number of fused-ring (bicyclic) bond motifs is 1. The Morgan fingerprint density at radius 1 is 1.08 bits per heavy atom. The van der Waals surface area contributed by atoms with Crippen LogP contribution >= 0.6 is 11.3 Å². The van der Waals surface area contributed by atoms with E-state index < -0.39 is 53.8 Å². The summed E-state index contributed by atoms with van der Waals surface area (Å²) in [6.45, 7) is 3.85. The number of ether oxygens (including phenoxy) is 1. The molecule has 0 bridgehead atoms. The Hall–Kier alpha value is -4.95. The number of rotatable bonds is 12. The van der Waals surface area contributed by atoms with Crippen molar-refractivity contribution in [3.8, 4) is 11.4 Å². The highest BCUT2D eigenvalue weighted by Crippen LogP contribution is 2.44. The van der Waals surface area contributed by atoms with E-state index in [4.69, 9.17) is 10.5 Å². The van der Waals surface area contributed by atoms with Crippen molar-refractivity contribution in [1.82, 2.24) is 15.1 Å². The second-order valence-electron chi connectivity index (χ2n) is 12.5. The van der Waals surface area contributed by atoms with Crippen molar-refractivity contribution >= 4 is 39.7 Å². The van der Waals surface area contributed by atoms with Crippen LogP contribution < -0.4 is 21.1 Å². The van der Waals surface area contributed by atoms with E-state index in [1.807, 2.05) is 6.07 Å². The number of carbonyl (C=O) groups is 2. The minimum atomic E-state index is -5.04. The van der Waals surface area contributed by atoms with Gasteiger partial charge in [-0.2, -0.15) is 29.6 Å². The number of benzene rings is 3. The number of carbonyl (C=O) groups excluding carboxylic acids is 2. The van der Waals surface area contributed by atoms with Crippen molar-refractivity contribution < 1.29 is 37.0 Å². The Morgan fingerprint density at radius 2 is 1.80 bits per heavy atom. The fraction of sp³-hybridized carbons (Fsp3) is 0.286. The summed E-state index contributed by atoms with van der Waals surface area (Å²) in [4.78, 5) is 24.9. The van der Waals surface area contributed by atoms with Gasteiger partial charge in [0.25, 0.3) is 5.91 Å². The zero-order valence-electron chi connectivity index (χ0n) is 27.1. The number of alkyl halides is 3. The molecule has 0 aliphatic carbocycles. The number of nitrogens with two attached hydrogens (primary N) is 1. The van der Waals surface area contributed by atoms with Crippen molar-refractivity contribution in [2.75, 3.05) is 19.0 Å². The fourth-order valence-corrected chi connectivity index (χ4v) is 6.57. The lowest BCUT2D eigenvalue weighted by Gasteiger charge is -2.38. The van der Waals surface area contributed by atoms with Gasteiger partial charge in [0, 0.05) is 22.2 Å². The molecule has 0 saturated carbocycles. The molecule has 258 valence electrons. The van der Waals surface area contributed by atoms with Crippen LogP contribution in [0.5, 0.6) is 5.75 Å². The number of halogens is 4. The van der Waals surface area contributed by atoms with Gasteiger partial charge < -0.3 is 26.2 Å². The first-order valence-electron chi connectivity index (χ1n) is 15.1. The molecule has 2 amide bonds. The topological polar surface area (TPSA) is 132 Å². The molecule has 5 rings (SSSR count). The van der Waals surface area contributed by atoms with E-state index in [0.29, 0.717) is 33.4 Å². The number of thiophene rings is 1. The summed E-state index contributed by atoms with van der Waals surface area (Å²) in [6.07, 6.45) is -4.34. The molecular formula is C35H35F4N5O4S. The number of primary amides is 1. The van der Waals surface area contributed by atoms with E-state index in [2.05, 4.69) is 15.7 Å². The number of methoxy groups -OCH3 is 1. The van der Waals surface area contributed by atoms with Gasteiger partial charge in [-0.05, 0) is 101 Å². The Morgan fingerprint density at radius 3 is 2.41 bits per heavy atom. The number of aliphatic hydroxyl groups is 1. The number of hydrogen-bond acceptors (Lipinski definition) is 7. The smallest absolute Gasteiger partial charge is 0.418 e. The highest BCUT2D eigenvalue weighted by Gasteiger charge is 2.56. The monoisotopic (exact) mass is 697 g/mol. The van der Waals surface area contributed by atoms with Crippen molar-refractivity contribution in [3.63, 3.8) is 0 Å². The number of aryl methyl sites for hydroxylation is 1. The molecular weight excluding hydrogens is 662 g/mol. The van der Waals surface area contributed by atoms with Gasteiger partial charge in [-0.3, -0.25) is 9.59 Å². The predicted molar refractivity (Wildman–Crippen MR) is 180 cm³/mol. The van der Waals surface area contributed by atoms with Gasteiger partial charge in [-0.15, -0.1) is 0 Å². The van der Waals surface area contributed by atoms with Crippen LogP contribution in [0.4, 0.5) is 23.2 Å². The summed E-state index contributed by atoms with van der Waals surface area (Å²) >= 11 is 1.37. The van der Waals surface area contributed by atoms with E-state index in [0.717, 1.165) is 12.1 Å². The van der Waals surface area contributed by atoms with Gasteiger partial charge in [-0.25, -0.2) is 9.07 Å². The third kappa shape index (κ3) is 7.39. The number of hydrogen-bond donors (Lipinski definition) is 4. The van der Waals surface area contributed by atoms with Gasteiger partial charge in [0.05, 0.1) is 31.1 Å². The van der Waals surface area contributed by atoms with E-state index in [1.54, 1.807) is 58.8 Å². The molecule has 1 unspecified atom stereocenters. The number of amides is 2. The fourth-order valence-electron chi connectivity index (χ4n) is 5.89. The first-order chi connectivity index (χ1) is 23.0. The second-order valence-corrected chi connectivity index (χ2v) is 13.3. The number of aromatic nitrogens is 2. The molecule has 0 saturated heterocycles. The zero-order valence-corrected chi connectivity index (χ0v) is 27.9. The average Bonchev–Trinajstić information content (AvgIpc) is 3.72. The SMILES string of the molecule is COc1ccc(F)cc1C(C)(C)CC(O)(CNc1cc(C)cc2c1cnn2-c1ccc(C(=O)N[C@H](C(N)=O)c2ccsc2)cc1)C(F)(F)F. The van der Waals surface area contributed by atoms with Gasteiger partial charge >= 0.3 is 6.18 Å². The van der Waals surface area contributed by atoms with Gasteiger partial charge in [-0.1, -0.05) is 13.8 Å². The standard InChI is InChI=1S/C35H35F4N5O4S/c1-20-13-27(41-19-34(47,35(37,38)39)18-33(2,3)26-15-23(36)7-10-29(26)48-4)25-16-42-44(28(25)14-20)24-8-5-21(6-9-24)32(46)43-30(31(40)45)22-11-12-49-17-22/h5-17,30,41,47H,18-19H2,1-4H3,(H2,40,45)(H,43,46)/t30-,34?/m0/s1. The molecule has 2 heterocycles. The van der Waals surface area contributed by atoms with Gasteiger partial charge in [0.1, 0.15) is 17.6 Å². The largest absolute Gasteiger partial charge is 0.496 e. The second kappa shape index (κ2) is 13.5. The van der Waals surface area contributed by atoms with Crippen molar-refractivity contribution in [1.29, 1.82) is 0 Å². The van der Waals surface area contributed by atoms with Crippen LogP contribution in [-0.2, 0) is 10.2 Å². The Labute approximate surface area is 283 Å². The van der Waals surface area contributed by atoms with E-state index in [9.17, 15) is 32.3 Å². The summed E-state index contributed by atoms with van der Waals surface area (Å²) in [5.41, 5.74) is 4.12. The number of anilines is 1. The zero-order chi connectivity index (χ0) is 35.7. The van der Waals surface area contributed by atoms with Crippen molar-refractivity contribution in [2.45, 2.75) is 50.4 Å². The minimum absolute atomic E-state index is 0.190. The van der Waals surface area contributed by atoms with E-state index in [-0.39, 0.29) is 16.9 Å². The predicted octanol–water partition coefficient (Wildman–Crippen LogP) is 6.57. The Balaban J connectivity index is 1.39. The number of nitrogens with one attached hydrogen (secondary N) is 2. The summed E-state index contributed by atoms with van der Waals surface area (Å²) < 4.78 is 64.6. The van der Waals surface area contributed by atoms with Crippen LogP contribution in [0.15, 0.2) is 77.6 Å². The Kier molecular flexibility index (Phi) is 9.75.